The largest absolute Gasteiger partial charge is 0.341 e. The van der Waals surface area contributed by atoms with Crippen molar-refractivity contribution in [2.75, 3.05) is 12.8 Å². The highest BCUT2D eigenvalue weighted by Crippen LogP contribution is 2.21. The molecule has 0 aliphatic carbocycles. The van der Waals surface area contributed by atoms with Crippen LogP contribution in [-0.2, 0) is 11.3 Å². The fraction of sp³-hybridized carbons (Fsp3) is 0.300. The highest BCUT2D eigenvalue weighted by Gasteiger charge is 2.13. The summed E-state index contributed by atoms with van der Waals surface area (Å²) in [5.41, 5.74) is 6.79. The quantitative estimate of drug-likeness (QED) is 0.698. The summed E-state index contributed by atoms with van der Waals surface area (Å²) in [5, 5.41) is 0.786. The Labute approximate surface area is 152 Å². The van der Waals surface area contributed by atoms with E-state index in [2.05, 4.69) is 55.0 Å². The Bertz CT molecular complexity index is 916. The standard InChI is InChI=1S/C20H23N3OS/c1-13-5-7-16(15(3)9-13)11-23(4)19(24)12-25-20-21-17-8-6-14(2)10-18(17)22-20/h5-10H,11-12H2,1-4H3,(H,21,22). The first kappa shape index (κ1) is 17.5. The van der Waals surface area contributed by atoms with Gasteiger partial charge in [0.15, 0.2) is 5.16 Å². The SMILES string of the molecule is Cc1ccc(CN(C)C(=O)CSc2nc3ccc(C)cc3[nH]2)c(C)c1. The Balaban J connectivity index is 1.60. The van der Waals surface area contributed by atoms with E-state index in [0.29, 0.717) is 12.3 Å². The summed E-state index contributed by atoms with van der Waals surface area (Å²) in [6, 6.07) is 12.5. The number of thioether (sulfide) groups is 1. The van der Waals surface area contributed by atoms with E-state index >= 15 is 0 Å². The molecular formula is C20H23N3OS. The van der Waals surface area contributed by atoms with Crippen LogP contribution in [0.2, 0.25) is 0 Å². The van der Waals surface area contributed by atoms with Crippen LogP contribution in [0, 0.1) is 20.8 Å². The number of imidazole rings is 1. The van der Waals surface area contributed by atoms with Crippen LogP contribution in [0.3, 0.4) is 0 Å². The van der Waals surface area contributed by atoms with Crippen molar-refractivity contribution >= 4 is 28.7 Å². The number of nitrogens with zero attached hydrogens (tertiary/aromatic N) is 2. The number of rotatable bonds is 5. The molecule has 0 radical (unpaired) electrons. The smallest absolute Gasteiger partial charge is 0.233 e. The summed E-state index contributed by atoms with van der Waals surface area (Å²) in [7, 11) is 1.85. The number of carbonyl (C=O) groups excluding carboxylic acids is 1. The molecule has 3 aromatic rings. The molecule has 0 aliphatic heterocycles. The lowest BCUT2D eigenvalue weighted by atomic mass is 10.1. The van der Waals surface area contributed by atoms with E-state index in [9.17, 15) is 4.79 Å². The number of hydrogen-bond donors (Lipinski definition) is 1. The van der Waals surface area contributed by atoms with E-state index in [1.165, 1.54) is 34.0 Å². The van der Waals surface area contributed by atoms with Gasteiger partial charge >= 0.3 is 0 Å². The molecule has 5 heteroatoms. The second kappa shape index (κ2) is 7.31. The molecule has 1 N–H and O–H groups in total. The Hall–Kier alpha value is -2.27. The average Bonchev–Trinajstić information content (AvgIpc) is 2.97. The number of hydrogen-bond acceptors (Lipinski definition) is 3. The van der Waals surface area contributed by atoms with Crippen molar-refractivity contribution in [3.05, 3.63) is 58.7 Å². The van der Waals surface area contributed by atoms with E-state index in [1.54, 1.807) is 4.90 Å². The van der Waals surface area contributed by atoms with E-state index in [0.717, 1.165) is 16.2 Å². The van der Waals surface area contributed by atoms with Gasteiger partial charge in [-0.05, 0) is 49.6 Å². The molecule has 4 nitrogen and oxygen atoms in total. The molecule has 130 valence electrons. The minimum atomic E-state index is 0.0987. The van der Waals surface area contributed by atoms with Gasteiger partial charge in [0.2, 0.25) is 5.91 Å². The third-order valence-corrected chi connectivity index (χ3v) is 5.14. The third-order valence-electron chi connectivity index (χ3n) is 4.28. The molecule has 0 spiro atoms. The summed E-state index contributed by atoms with van der Waals surface area (Å²) < 4.78 is 0. The summed E-state index contributed by atoms with van der Waals surface area (Å²) >= 11 is 1.45. The number of benzene rings is 2. The van der Waals surface area contributed by atoms with E-state index in [-0.39, 0.29) is 5.91 Å². The normalized spacial score (nSPS) is 11.0. The van der Waals surface area contributed by atoms with Crippen molar-refractivity contribution in [3.63, 3.8) is 0 Å². The number of aromatic amines is 1. The zero-order valence-corrected chi connectivity index (χ0v) is 15.9. The molecule has 25 heavy (non-hydrogen) atoms. The number of amides is 1. The van der Waals surface area contributed by atoms with Gasteiger partial charge < -0.3 is 9.88 Å². The van der Waals surface area contributed by atoms with Gasteiger partial charge in [0.05, 0.1) is 16.8 Å². The molecule has 0 unspecified atom stereocenters. The van der Waals surface area contributed by atoms with Crippen molar-refractivity contribution in [2.24, 2.45) is 0 Å². The van der Waals surface area contributed by atoms with Gasteiger partial charge in [0, 0.05) is 13.6 Å². The summed E-state index contributed by atoms with van der Waals surface area (Å²) in [5.74, 6) is 0.474. The van der Waals surface area contributed by atoms with Crippen molar-refractivity contribution in [3.8, 4) is 0 Å². The van der Waals surface area contributed by atoms with Crippen LogP contribution in [0.15, 0.2) is 41.6 Å². The number of aryl methyl sites for hydroxylation is 3. The van der Waals surface area contributed by atoms with Crippen LogP contribution in [0.5, 0.6) is 0 Å². The van der Waals surface area contributed by atoms with E-state index in [1.807, 2.05) is 19.2 Å². The highest BCUT2D eigenvalue weighted by atomic mass is 32.2. The predicted octanol–water partition coefficient (Wildman–Crippen LogP) is 4.24. The molecule has 0 bridgehead atoms. The average molecular weight is 353 g/mol. The second-order valence-corrected chi connectivity index (χ2v) is 7.50. The van der Waals surface area contributed by atoms with Gasteiger partial charge in [0.25, 0.3) is 0 Å². The lowest BCUT2D eigenvalue weighted by molar-refractivity contribution is -0.127. The van der Waals surface area contributed by atoms with E-state index in [4.69, 9.17) is 0 Å². The first-order valence-corrected chi connectivity index (χ1v) is 9.30. The molecule has 0 fully saturated rings. The highest BCUT2D eigenvalue weighted by molar-refractivity contribution is 7.99. The monoisotopic (exact) mass is 353 g/mol. The zero-order valence-electron chi connectivity index (χ0n) is 15.1. The lowest BCUT2D eigenvalue weighted by Gasteiger charge is -2.18. The Morgan fingerprint density at radius 3 is 2.60 bits per heavy atom. The van der Waals surface area contributed by atoms with Crippen molar-refractivity contribution < 1.29 is 4.79 Å². The van der Waals surface area contributed by atoms with Crippen molar-refractivity contribution in [1.29, 1.82) is 0 Å². The van der Waals surface area contributed by atoms with Crippen molar-refractivity contribution in [2.45, 2.75) is 32.5 Å². The van der Waals surface area contributed by atoms with Gasteiger partial charge in [-0.3, -0.25) is 4.79 Å². The first-order valence-electron chi connectivity index (χ1n) is 8.31. The molecular weight excluding hydrogens is 330 g/mol. The molecule has 0 saturated heterocycles. The molecule has 1 amide bonds. The van der Waals surface area contributed by atoms with Crippen LogP contribution >= 0.6 is 11.8 Å². The van der Waals surface area contributed by atoms with Gasteiger partial charge in [-0.15, -0.1) is 0 Å². The Morgan fingerprint density at radius 2 is 1.84 bits per heavy atom. The number of nitrogens with one attached hydrogen (secondary N) is 1. The number of H-pyrrole nitrogens is 1. The molecule has 0 aliphatic rings. The zero-order chi connectivity index (χ0) is 18.0. The maximum atomic E-state index is 12.4. The van der Waals surface area contributed by atoms with Crippen LogP contribution in [0.1, 0.15) is 22.3 Å². The maximum absolute atomic E-state index is 12.4. The second-order valence-electron chi connectivity index (χ2n) is 6.53. The minimum Gasteiger partial charge on any atom is -0.341 e. The number of carbonyl (C=O) groups is 1. The van der Waals surface area contributed by atoms with Gasteiger partial charge in [-0.1, -0.05) is 41.6 Å². The Morgan fingerprint density at radius 1 is 1.12 bits per heavy atom. The molecule has 1 aromatic heterocycles. The van der Waals surface area contributed by atoms with Crippen LogP contribution in [0.25, 0.3) is 11.0 Å². The predicted molar refractivity (Wildman–Crippen MR) is 104 cm³/mol. The molecule has 2 aromatic carbocycles. The lowest BCUT2D eigenvalue weighted by Crippen LogP contribution is -2.28. The van der Waals surface area contributed by atoms with Gasteiger partial charge in [-0.25, -0.2) is 4.98 Å². The van der Waals surface area contributed by atoms with Crippen molar-refractivity contribution in [1.82, 2.24) is 14.9 Å². The molecule has 3 rings (SSSR count). The van der Waals surface area contributed by atoms with E-state index < -0.39 is 0 Å². The van der Waals surface area contributed by atoms with Gasteiger partial charge in [-0.2, -0.15) is 0 Å². The fourth-order valence-corrected chi connectivity index (χ4v) is 3.60. The third kappa shape index (κ3) is 4.23. The number of fused-ring (bicyclic) bond motifs is 1. The fourth-order valence-electron chi connectivity index (χ4n) is 2.78. The summed E-state index contributed by atoms with van der Waals surface area (Å²) in [6.45, 7) is 6.85. The summed E-state index contributed by atoms with van der Waals surface area (Å²) in [4.78, 5) is 22.0. The minimum absolute atomic E-state index is 0.0987. The Kier molecular flexibility index (Phi) is 5.13. The van der Waals surface area contributed by atoms with Gasteiger partial charge in [0.1, 0.15) is 0 Å². The van der Waals surface area contributed by atoms with Crippen LogP contribution in [-0.4, -0.2) is 33.6 Å². The van der Waals surface area contributed by atoms with Crippen LogP contribution < -0.4 is 0 Å². The van der Waals surface area contributed by atoms with Crippen LogP contribution in [0.4, 0.5) is 0 Å². The first-order chi connectivity index (χ1) is 11.9. The molecule has 0 saturated carbocycles. The maximum Gasteiger partial charge on any atom is 0.233 e. The number of aromatic nitrogens is 2. The molecule has 1 heterocycles. The topological polar surface area (TPSA) is 49.0 Å². The summed E-state index contributed by atoms with van der Waals surface area (Å²) in [6.07, 6.45) is 0. The molecule has 0 atom stereocenters.